The van der Waals surface area contributed by atoms with E-state index in [0.717, 1.165) is 32.5 Å². The molecule has 1 amide bonds. The molecule has 0 saturated carbocycles. The molecule has 70 valence electrons. The van der Waals surface area contributed by atoms with E-state index in [1.807, 2.05) is 4.90 Å². The van der Waals surface area contributed by atoms with E-state index >= 15 is 0 Å². The monoisotopic (exact) mass is 170 g/mol. The Labute approximate surface area is 74.1 Å². The maximum absolute atomic E-state index is 10.6. The molecule has 1 saturated heterocycles. The number of amides is 1. The van der Waals surface area contributed by atoms with Crippen LogP contribution in [-0.2, 0) is 4.79 Å². The first-order valence-corrected chi connectivity index (χ1v) is 4.80. The lowest BCUT2D eigenvalue weighted by Gasteiger charge is -2.33. The smallest absolute Gasteiger partial charge is 0.210 e. The van der Waals surface area contributed by atoms with Crippen molar-refractivity contribution in [2.75, 3.05) is 19.6 Å². The fourth-order valence-electron chi connectivity index (χ4n) is 1.62. The van der Waals surface area contributed by atoms with Crippen molar-refractivity contribution in [3.63, 3.8) is 0 Å². The average molecular weight is 170 g/mol. The number of hydrogen-bond donors (Lipinski definition) is 1. The summed E-state index contributed by atoms with van der Waals surface area (Å²) >= 11 is 0. The molecular formula is C9H18N2O. The van der Waals surface area contributed by atoms with Gasteiger partial charge in [0.1, 0.15) is 0 Å². The molecule has 0 radical (unpaired) electrons. The Kier molecular flexibility index (Phi) is 4.08. The van der Waals surface area contributed by atoms with Crippen LogP contribution in [-0.4, -0.2) is 37.0 Å². The van der Waals surface area contributed by atoms with Gasteiger partial charge in [0.05, 0.1) is 0 Å². The highest BCUT2D eigenvalue weighted by Crippen LogP contribution is 2.08. The first-order chi connectivity index (χ1) is 5.88. The fourth-order valence-corrected chi connectivity index (χ4v) is 1.62. The highest BCUT2D eigenvalue weighted by molar-refractivity contribution is 5.48. The molecule has 3 heteroatoms. The van der Waals surface area contributed by atoms with Gasteiger partial charge in [0.2, 0.25) is 6.41 Å². The summed E-state index contributed by atoms with van der Waals surface area (Å²) in [5, 5.41) is 3.31. The summed E-state index contributed by atoms with van der Waals surface area (Å²) in [6.07, 6.45) is 4.56. The van der Waals surface area contributed by atoms with Crippen LogP contribution in [0.1, 0.15) is 26.2 Å². The van der Waals surface area contributed by atoms with E-state index in [9.17, 15) is 4.79 Å². The number of carbonyl (C=O) groups is 1. The first-order valence-electron chi connectivity index (χ1n) is 4.80. The molecule has 0 bridgehead atoms. The maximum Gasteiger partial charge on any atom is 0.210 e. The largest absolute Gasteiger partial charge is 0.340 e. The summed E-state index contributed by atoms with van der Waals surface area (Å²) in [7, 11) is 0. The van der Waals surface area contributed by atoms with Crippen LogP contribution in [0.4, 0.5) is 0 Å². The van der Waals surface area contributed by atoms with E-state index in [1.165, 1.54) is 12.8 Å². The van der Waals surface area contributed by atoms with Crippen molar-refractivity contribution in [2.24, 2.45) is 0 Å². The molecule has 0 aromatic rings. The summed E-state index contributed by atoms with van der Waals surface area (Å²) in [5.74, 6) is 0. The molecular weight excluding hydrogens is 152 g/mol. The van der Waals surface area contributed by atoms with Crippen LogP contribution in [0.15, 0.2) is 0 Å². The average Bonchev–Trinajstić information content (AvgIpc) is 2.15. The Hall–Kier alpha value is -0.570. The molecule has 1 unspecified atom stereocenters. The summed E-state index contributed by atoms with van der Waals surface area (Å²) in [4.78, 5) is 12.6. The number of rotatable bonds is 4. The lowest BCUT2D eigenvalue weighted by Crippen LogP contribution is -2.50. The van der Waals surface area contributed by atoms with E-state index in [1.54, 1.807) is 0 Å². The second kappa shape index (κ2) is 5.14. The fraction of sp³-hybridized carbons (Fsp3) is 0.889. The van der Waals surface area contributed by atoms with Crippen LogP contribution in [0.5, 0.6) is 0 Å². The Morgan fingerprint density at radius 2 is 2.50 bits per heavy atom. The third-order valence-electron chi connectivity index (χ3n) is 2.42. The number of nitrogens with zero attached hydrogens (tertiary/aromatic N) is 1. The third-order valence-corrected chi connectivity index (χ3v) is 2.42. The SMILES string of the molecule is CCCCC1CNCCN1C=O. The van der Waals surface area contributed by atoms with Crippen LogP contribution in [0, 0.1) is 0 Å². The van der Waals surface area contributed by atoms with Gasteiger partial charge in [-0.1, -0.05) is 19.8 Å². The predicted molar refractivity (Wildman–Crippen MR) is 49.0 cm³/mol. The molecule has 3 nitrogen and oxygen atoms in total. The predicted octanol–water partition coefficient (Wildman–Crippen LogP) is 0.607. The molecule has 0 aliphatic carbocycles. The minimum absolute atomic E-state index is 0.441. The Morgan fingerprint density at radius 1 is 1.67 bits per heavy atom. The summed E-state index contributed by atoms with van der Waals surface area (Å²) in [6.45, 7) is 4.97. The van der Waals surface area contributed by atoms with Gasteiger partial charge in [0.15, 0.2) is 0 Å². The van der Waals surface area contributed by atoms with Crippen molar-refractivity contribution in [3.8, 4) is 0 Å². The zero-order chi connectivity index (χ0) is 8.81. The van der Waals surface area contributed by atoms with Crippen LogP contribution in [0.25, 0.3) is 0 Å². The normalized spacial score (nSPS) is 24.1. The molecule has 0 spiro atoms. The second-order valence-corrected chi connectivity index (χ2v) is 3.34. The quantitative estimate of drug-likeness (QED) is 0.627. The second-order valence-electron chi connectivity index (χ2n) is 3.34. The summed E-state index contributed by atoms with van der Waals surface area (Å²) in [6, 6.07) is 0.441. The summed E-state index contributed by atoms with van der Waals surface area (Å²) in [5.41, 5.74) is 0. The van der Waals surface area contributed by atoms with E-state index in [2.05, 4.69) is 12.2 Å². The molecule has 0 aromatic carbocycles. The molecule has 1 rings (SSSR count). The molecule has 1 fully saturated rings. The van der Waals surface area contributed by atoms with Crippen molar-refractivity contribution in [2.45, 2.75) is 32.2 Å². The zero-order valence-electron chi connectivity index (χ0n) is 7.75. The van der Waals surface area contributed by atoms with E-state index in [4.69, 9.17) is 0 Å². The molecule has 1 atom stereocenters. The van der Waals surface area contributed by atoms with E-state index in [0.29, 0.717) is 6.04 Å². The minimum atomic E-state index is 0.441. The molecule has 1 aliphatic rings. The van der Waals surface area contributed by atoms with Gasteiger partial charge in [-0.2, -0.15) is 0 Å². The number of unbranched alkanes of at least 4 members (excludes halogenated alkanes) is 1. The van der Waals surface area contributed by atoms with Gasteiger partial charge in [-0.05, 0) is 6.42 Å². The minimum Gasteiger partial charge on any atom is -0.340 e. The van der Waals surface area contributed by atoms with Crippen LogP contribution >= 0.6 is 0 Å². The molecule has 1 N–H and O–H groups in total. The number of hydrogen-bond acceptors (Lipinski definition) is 2. The molecule has 1 heterocycles. The van der Waals surface area contributed by atoms with E-state index < -0.39 is 0 Å². The highest BCUT2D eigenvalue weighted by Gasteiger charge is 2.19. The maximum atomic E-state index is 10.6. The Balaban J connectivity index is 2.31. The molecule has 1 aliphatic heterocycles. The van der Waals surface area contributed by atoms with Gasteiger partial charge in [0.25, 0.3) is 0 Å². The van der Waals surface area contributed by atoms with Crippen LogP contribution < -0.4 is 5.32 Å². The van der Waals surface area contributed by atoms with Crippen molar-refractivity contribution < 1.29 is 4.79 Å². The van der Waals surface area contributed by atoms with Crippen molar-refractivity contribution in [1.82, 2.24) is 10.2 Å². The van der Waals surface area contributed by atoms with Gasteiger partial charge >= 0.3 is 0 Å². The third kappa shape index (κ3) is 2.48. The van der Waals surface area contributed by atoms with E-state index in [-0.39, 0.29) is 0 Å². The van der Waals surface area contributed by atoms with Crippen molar-refractivity contribution in [3.05, 3.63) is 0 Å². The van der Waals surface area contributed by atoms with Gasteiger partial charge in [0, 0.05) is 25.7 Å². The number of piperazine rings is 1. The standard InChI is InChI=1S/C9H18N2O/c1-2-3-4-9-7-10-5-6-11(9)8-12/h8-10H,2-7H2,1H3. The highest BCUT2D eigenvalue weighted by atomic mass is 16.1. The van der Waals surface area contributed by atoms with Crippen molar-refractivity contribution in [1.29, 1.82) is 0 Å². The zero-order valence-corrected chi connectivity index (χ0v) is 7.75. The number of carbonyl (C=O) groups excluding carboxylic acids is 1. The van der Waals surface area contributed by atoms with Gasteiger partial charge in [-0.3, -0.25) is 4.79 Å². The molecule has 0 aromatic heterocycles. The number of nitrogens with one attached hydrogen (secondary N) is 1. The molecule has 12 heavy (non-hydrogen) atoms. The van der Waals surface area contributed by atoms with Crippen LogP contribution in [0.2, 0.25) is 0 Å². The first kappa shape index (κ1) is 9.52. The van der Waals surface area contributed by atoms with Gasteiger partial charge in [-0.25, -0.2) is 0 Å². The van der Waals surface area contributed by atoms with Gasteiger partial charge in [-0.15, -0.1) is 0 Å². The Bertz CT molecular complexity index is 138. The summed E-state index contributed by atoms with van der Waals surface area (Å²) < 4.78 is 0. The Morgan fingerprint density at radius 3 is 3.17 bits per heavy atom. The lowest BCUT2D eigenvalue weighted by molar-refractivity contribution is -0.121. The van der Waals surface area contributed by atoms with Gasteiger partial charge < -0.3 is 10.2 Å². The topological polar surface area (TPSA) is 32.3 Å². The lowest BCUT2D eigenvalue weighted by atomic mass is 10.1. The van der Waals surface area contributed by atoms with Crippen molar-refractivity contribution >= 4 is 6.41 Å². The van der Waals surface area contributed by atoms with Crippen LogP contribution in [0.3, 0.4) is 0 Å².